The van der Waals surface area contributed by atoms with Crippen molar-refractivity contribution in [3.8, 4) is 0 Å². The number of benzene rings is 1. The van der Waals surface area contributed by atoms with E-state index in [0.29, 0.717) is 19.7 Å². The van der Waals surface area contributed by atoms with Gasteiger partial charge in [-0.2, -0.15) is 0 Å². The van der Waals surface area contributed by atoms with Crippen LogP contribution in [0.5, 0.6) is 0 Å². The molecule has 1 saturated heterocycles. The Morgan fingerprint density at radius 2 is 2.25 bits per heavy atom. The zero-order valence-electron chi connectivity index (χ0n) is 11.4. The molecule has 0 aliphatic carbocycles. The molecule has 0 saturated carbocycles. The Kier molecular flexibility index (Phi) is 4.62. The van der Waals surface area contributed by atoms with Gasteiger partial charge in [0.2, 0.25) is 10.0 Å². The zero-order valence-corrected chi connectivity index (χ0v) is 12.2. The number of nitrogens with two attached hydrogens (primary N) is 1. The average Bonchev–Trinajstić information content (AvgIpc) is 2.62. The number of sulfonamides is 1. The molecule has 5 nitrogen and oxygen atoms in total. The molecule has 0 spiro atoms. The molecule has 1 atom stereocenters. The number of para-hydroxylation sites is 1. The maximum absolute atomic E-state index is 14.1. The van der Waals surface area contributed by atoms with Gasteiger partial charge in [0.15, 0.2) is 0 Å². The van der Waals surface area contributed by atoms with Crippen LogP contribution in [-0.4, -0.2) is 34.2 Å². The standard InChI is InChI=1S/C13H19FN2O3S/c1-2-10-9-16(7-4-8-19-10)13-11(14)5-3-6-12(13)20(15,17)18/h3,5-6,10H,2,4,7-9H2,1H3,(H2,15,17,18). The summed E-state index contributed by atoms with van der Waals surface area (Å²) in [5, 5.41) is 5.19. The van der Waals surface area contributed by atoms with Crippen LogP contribution in [-0.2, 0) is 14.8 Å². The van der Waals surface area contributed by atoms with Crippen LogP contribution < -0.4 is 10.0 Å². The number of hydrogen-bond donors (Lipinski definition) is 1. The lowest BCUT2D eigenvalue weighted by molar-refractivity contribution is 0.0664. The molecule has 1 aliphatic rings. The summed E-state index contributed by atoms with van der Waals surface area (Å²) in [6, 6.07) is 3.93. The maximum Gasteiger partial charge on any atom is 0.240 e. The van der Waals surface area contributed by atoms with Crippen LogP contribution >= 0.6 is 0 Å². The van der Waals surface area contributed by atoms with Crippen molar-refractivity contribution in [2.45, 2.75) is 30.8 Å². The first-order valence-electron chi connectivity index (χ1n) is 6.61. The zero-order chi connectivity index (χ0) is 14.8. The molecule has 0 amide bonds. The largest absolute Gasteiger partial charge is 0.376 e. The Balaban J connectivity index is 2.45. The van der Waals surface area contributed by atoms with Crippen molar-refractivity contribution in [1.82, 2.24) is 0 Å². The first kappa shape index (κ1) is 15.2. The molecular formula is C13H19FN2O3S. The van der Waals surface area contributed by atoms with Gasteiger partial charge in [0.05, 0.1) is 11.8 Å². The van der Waals surface area contributed by atoms with Gasteiger partial charge in [0, 0.05) is 19.7 Å². The molecular weight excluding hydrogens is 283 g/mol. The van der Waals surface area contributed by atoms with E-state index in [1.165, 1.54) is 18.2 Å². The molecule has 1 aliphatic heterocycles. The summed E-state index contributed by atoms with van der Waals surface area (Å²) in [6.07, 6.45) is 1.47. The van der Waals surface area contributed by atoms with Crippen LogP contribution in [0.3, 0.4) is 0 Å². The van der Waals surface area contributed by atoms with Gasteiger partial charge in [0.25, 0.3) is 0 Å². The SMILES string of the molecule is CCC1CN(c2c(F)cccc2S(N)(=O)=O)CCCO1. The number of ether oxygens (including phenoxy) is 1. The van der Waals surface area contributed by atoms with E-state index in [0.717, 1.165) is 12.8 Å². The molecule has 2 rings (SSSR count). The Morgan fingerprint density at radius 1 is 1.50 bits per heavy atom. The molecule has 0 bridgehead atoms. The van der Waals surface area contributed by atoms with Crippen molar-refractivity contribution in [1.29, 1.82) is 0 Å². The van der Waals surface area contributed by atoms with E-state index in [9.17, 15) is 12.8 Å². The Labute approximate surface area is 118 Å². The predicted molar refractivity (Wildman–Crippen MR) is 74.6 cm³/mol. The molecule has 1 heterocycles. The number of anilines is 1. The van der Waals surface area contributed by atoms with Gasteiger partial charge in [-0.05, 0) is 25.0 Å². The third kappa shape index (κ3) is 3.28. The summed E-state index contributed by atoms with van der Waals surface area (Å²) in [4.78, 5) is 1.55. The number of hydrogen-bond acceptors (Lipinski definition) is 4. The molecule has 1 aromatic rings. The van der Waals surface area contributed by atoms with E-state index in [4.69, 9.17) is 9.88 Å². The number of rotatable bonds is 3. The summed E-state index contributed by atoms with van der Waals surface area (Å²) in [7, 11) is -3.96. The first-order valence-corrected chi connectivity index (χ1v) is 8.16. The predicted octanol–water partition coefficient (Wildman–Crippen LogP) is 1.48. The molecule has 20 heavy (non-hydrogen) atoms. The highest BCUT2D eigenvalue weighted by atomic mass is 32.2. The second-order valence-corrected chi connectivity index (χ2v) is 6.36. The summed E-state index contributed by atoms with van der Waals surface area (Å²) in [5.74, 6) is -0.576. The highest BCUT2D eigenvalue weighted by molar-refractivity contribution is 7.89. The van der Waals surface area contributed by atoms with Crippen LogP contribution in [0, 0.1) is 5.82 Å². The maximum atomic E-state index is 14.1. The molecule has 0 aromatic heterocycles. The minimum atomic E-state index is -3.96. The quantitative estimate of drug-likeness (QED) is 0.918. The lowest BCUT2D eigenvalue weighted by atomic mass is 10.2. The van der Waals surface area contributed by atoms with E-state index in [-0.39, 0.29) is 16.7 Å². The van der Waals surface area contributed by atoms with Crippen LogP contribution in [0.25, 0.3) is 0 Å². The molecule has 1 unspecified atom stereocenters. The van der Waals surface area contributed by atoms with Gasteiger partial charge in [-0.1, -0.05) is 13.0 Å². The van der Waals surface area contributed by atoms with Crippen molar-refractivity contribution < 1.29 is 17.5 Å². The molecule has 7 heteroatoms. The summed E-state index contributed by atoms with van der Waals surface area (Å²) in [5.41, 5.74) is 0.0546. The first-order chi connectivity index (χ1) is 9.43. The van der Waals surface area contributed by atoms with E-state index in [2.05, 4.69) is 0 Å². The number of halogens is 1. The Hall–Kier alpha value is -1.18. The fourth-order valence-corrected chi connectivity index (χ4v) is 3.14. The van der Waals surface area contributed by atoms with Gasteiger partial charge in [0.1, 0.15) is 10.7 Å². The third-order valence-corrected chi connectivity index (χ3v) is 4.32. The molecule has 0 radical (unpaired) electrons. The normalized spacial score (nSPS) is 20.8. The van der Waals surface area contributed by atoms with E-state index in [1.54, 1.807) is 4.90 Å². The van der Waals surface area contributed by atoms with Crippen LogP contribution in [0.4, 0.5) is 10.1 Å². The smallest absolute Gasteiger partial charge is 0.240 e. The molecule has 1 fully saturated rings. The van der Waals surface area contributed by atoms with Crippen molar-refractivity contribution in [3.05, 3.63) is 24.0 Å². The Bertz CT molecular complexity index is 577. The number of primary sulfonamides is 1. The van der Waals surface area contributed by atoms with Gasteiger partial charge in [-0.25, -0.2) is 17.9 Å². The topological polar surface area (TPSA) is 72.6 Å². The monoisotopic (exact) mass is 302 g/mol. The summed E-state index contributed by atoms with van der Waals surface area (Å²) < 4.78 is 43.0. The fraction of sp³-hybridized carbons (Fsp3) is 0.538. The minimum absolute atomic E-state index is 0.0366. The van der Waals surface area contributed by atoms with E-state index < -0.39 is 15.8 Å². The van der Waals surface area contributed by atoms with Gasteiger partial charge in [-0.3, -0.25) is 0 Å². The average molecular weight is 302 g/mol. The van der Waals surface area contributed by atoms with Crippen LogP contribution in [0.15, 0.2) is 23.1 Å². The minimum Gasteiger partial charge on any atom is -0.376 e. The highest BCUT2D eigenvalue weighted by Gasteiger charge is 2.25. The van der Waals surface area contributed by atoms with Crippen molar-refractivity contribution >= 4 is 15.7 Å². The highest BCUT2D eigenvalue weighted by Crippen LogP contribution is 2.29. The molecule has 1 aromatic carbocycles. The van der Waals surface area contributed by atoms with E-state index in [1.807, 2.05) is 6.92 Å². The van der Waals surface area contributed by atoms with Crippen LogP contribution in [0.2, 0.25) is 0 Å². The van der Waals surface area contributed by atoms with Crippen molar-refractivity contribution in [2.24, 2.45) is 5.14 Å². The van der Waals surface area contributed by atoms with Gasteiger partial charge < -0.3 is 9.64 Å². The number of nitrogens with zero attached hydrogens (tertiary/aromatic N) is 1. The fourth-order valence-electron chi connectivity index (χ4n) is 2.38. The molecule has 2 N–H and O–H groups in total. The van der Waals surface area contributed by atoms with Gasteiger partial charge >= 0.3 is 0 Å². The van der Waals surface area contributed by atoms with Crippen LogP contribution in [0.1, 0.15) is 19.8 Å². The third-order valence-electron chi connectivity index (χ3n) is 3.38. The lowest BCUT2D eigenvalue weighted by Crippen LogP contribution is -2.33. The second kappa shape index (κ2) is 6.07. The van der Waals surface area contributed by atoms with E-state index >= 15 is 0 Å². The lowest BCUT2D eigenvalue weighted by Gasteiger charge is -2.27. The summed E-state index contributed by atoms with van der Waals surface area (Å²) in [6.45, 7) is 3.57. The summed E-state index contributed by atoms with van der Waals surface area (Å²) >= 11 is 0. The van der Waals surface area contributed by atoms with Gasteiger partial charge in [-0.15, -0.1) is 0 Å². The Morgan fingerprint density at radius 3 is 2.90 bits per heavy atom. The van der Waals surface area contributed by atoms with Crippen molar-refractivity contribution in [2.75, 3.05) is 24.6 Å². The molecule has 112 valence electrons. The van der Waals surface area contributed by atoms with Crippen molar-refractivity contribution in [3.63, 3.8) is 0 Å². The second-order valence-electron chi connectivity index (χ2n) is 4.83.